The van der Waals surface area contributed by atoms with Gasteiger partial charge in [-0.25, -0.2) is 8.42 Å². The Kier molecular flexibility index (Phi) is 7.68. The van der Waals surface area contributed by atoms with Gasteiger partial charge in [0.25, 0.3) is 15.9 Å². The second-order valence-electron chi connectivity index (χ2n) is 6.33. The lowest BCUT2D eigenvalue weighted by Crippen LogP contribution is -2.48. The Bertz CT molecular complexity index is 900. The number of benzene rings is 2. The van der Waals surface area contributed by atoms with Crippen LogP contribution >= 0.6 is 12.4 Å². The standard InChI is InChI=1S/C19H23N3O4S.ClH/c1-2-26-17-8-6-16(7-9-17)22-27(24,25)18-5-3-4-15(10-18)19(23)21-13-14-11-20-12-14;/h3-10,14,20,22H,2,11-13H2,1H3,(H,21,23);1H. The zero-order chi connectivity index (χ0) is 19.3. The molecule has 7 nitrogen and oxygen atoms in total. The predicted octanol–water partition coefficient (Wildman–Crippen LogP) is 2.26. The summed E-state index contributed by atoms with van der Waals surface area (Å²) in [7, 11) is -3.80. The Morgan fingerprint density at radius 2 is 1.89 bits per heavy atom. The van der Waals surface area contributed by atoms with Crippen LogP contribution in [0.4, 0.5) is 5.69 Å². The van der Waals surface area contributed by atoms with E-state index in [0.29, 0.717) is 36.1 Å². The summed E-state index contributed by atoms with van der Waals surface area (Å²) in [6.07, 6.45) is 0. The number of ether oxygens (including phenoxy) is 1. The smallest absolute Gasteiger partial charge is 0.261 e. The topological polar surface area (TPSA) is 96.5 Å². The molecule has 1 aliphatic heterocycles. The molecule has 1 fully saturated rings. The van der Waals surface area contributed by atoms with Crippen molar-refractivity contribution in [3.05, 3.63) is 54.1 Å². The number of amides is 1. The third-order valence-corrected chi connectivity index (χ3v) is 5.62. The molecule has 1 aliphatic rings. The SMILES string of the molecule is CCOc1ccc(NS(=O)(=O)c2cccc(C(=O)NCC3CNC3)c2)cc1.Cl. The summed E-state index contributed by atoms with van der Waals surface area (Å²) >= 11 is 0. The number of carbonyl (C=O) groups is 1. The lowest BCUT2D eigenvalue weighted by Gasteiger charge is -2.27. The normalized spacial score (nSPS) is 13.8. The Labute approximate surface area is 171 Å². The number of hydrogen-bond acceptors (Lipinski definition) is 5. The summed E-state index contributed by atoms with van der Waals surface area (Å²) in [6, 6.07) is 12.7. The fraction of sp³-hybridized carbons (Fsp3) is 0.316. The van der Waals surface area contributed by atoms with Gasteiger partial charge in [0.15, 0.2) is 0 Å². The van der Waals surface area contributed by atoms with E-state index in [1.165, 1.54) is 12.1 Å². The quantitative estimate of drug-likeness (QED) is 0.602. The zero-order valence-corrected chi connectivity index (χ0v) is 17.1. The minimum absolute atomic E-state index is 0. The van der Waals surface area contributed by atoms with Gasteiger partial charge in [-0.1, -0.05) is 6.07 Å². The van der Waals surface area contributed by atoms with Crippen LogP contribution < -0.4 is 20.1 Å². The summed E-state index contributed by atoms with van der Waals surface area (Å²) in [4.78, 5) is 12.3. The molecule has 3 rings (SSSR count). The lowest BCUT2D eigenvalue weighted by atomic mass is 10.0. The zero-order valence-electron chi connectivity index (χ0n) is 15.5. The van der Waals surface area contributed by atoms with Gasteiger partial charge in [0.2, 0.25) is 0 Å². The van der Waals surface area contributed by atoms with Crippen molar-refractivity contribution < 1.29 is 17.9 Å². The monoisotopic (exact) mass is 425 g/mol. The highest BCUT2D eigenvalue weighted by Gasteiger charge is 2.19. The highest BCUT2D eigenvalue weighted by Crippen LogP contribution is 2.20. The third-order valence-electron chi connectivity index (χ3n) is 4.24. The van der Waals surface area contributed by atoms with Gasteiger partial charge < -0.3 is 15.4 Å². The summed E-state index contributed by atoms with van der Waals surface area (Å²) < 4.78 is 33.1. The van der Waals surface area contributed by atoms with Crippen LogP contribution in [0.3, 0.4) is 0 Å². The third kappa shape index (κ3) is 5.60. The number of rotatable bonds is 8. The molecule has 1 amide bonds. The van der Waals surface area contributed by atoms with Crippen LogP contribution in [0.25, 0.3) is 0 Å². The van der Waals surface area contributed by atoms with Gasteiger partial charge in [0.05, 0.1) is 11.5 Å². The highest BCUT2D eigenvalue weighted by molar-refractivity contribution is 7.92. The molecule has 0 saturated carbocycles. The molecule has 2 aromatic carbocycles. The molecule has 0 atom stereocenters. The molecule has 2 aromatic rings. The van der Waals surface area contributed by atoms with E-state index in [2.05, 4.69) is 15.4 Å². The van der Waals surface area contributed by atoms with Crippen molar-refractivity contribution in [3.63, 3.8) is 0 Å². The Morgan fingerprint density at radius 3 is 2.50 bits per heavy atom. The summed E-state index contributed by atoms with van der Waals surface area (Å²) in [5, 5.41) is 5.98. The molecule has 1 saturated heterocycles. The highest BCUT2D eigenvalue weighted by atomic mass is 35.5. The van der Waals surface area contributed by atoms with E-state index in [0.717, 1.165) is 13.1 Å². The van der Waals surface area contributed by atoms with Crippen LogP contribution in [0.5, 0.6) is 5.75 Å². The average Bonchev–Trinajstić information content (AvgIpc) is 2.62. The van der Waals surface area contributed by atoms with E-state index in [1.807, 2.05) is 6.92 Å². The van der Waals surface area contributed by atoms with Crippen LogP contribution in [0, 0.1) is 5.92 Å². The maximum absolute atomic E-state index is 12.6. The molecule has 0 bridgehead atoms. The van der Waals surface area contributed by atoms with Crippen LogP contribution in [0.2, 0.25) is 0 Å². The van der Waals surface area contributed by atoms with Crippen molar-refractivity contribution in [3.8, 4) is 5.75 Å². The lowest BCUT2D eigenvalue weighted by molar-refractivity contribution is 0.0942. The minimum atomic E-state index is -3.80. The maximum Gasteiger partial charge on any atom is 0.261 e. The van der Waals surface area contributed by atoms with E-state index in [1.54, 1.807) is 36.4 Å². The van der Waals surface area contributed by atoms with Crippen molar-refractivity contribution in [2.75, 3.05) is 31.0 Å². The number of hydrogen-bond donors (Lipinski definition) is 3. The molecule has 28 heavy (non-hydrogen) atoms. The number of anilines is 1. The van der Waals surface area contributed by atoms with E-state index in [-0.39, 0.29) is 23.2 Å². The summed E-state index contributed by atoms with van der Waals surface area (Å²) in [6.45, 7) is 4.77. The van der Waals surface area contributed by atoms with Gasteiger partial charge in [-0.3, -0.25) is 9.52 Å². The van der Waals surface area contributed by atoms with Crippen LogP contribution in [0.1, 0.15) is 17.3 Å². The number of sulfonamides is 1. The van der Waals surface area contributed by atoms with Crippen molar-refractivity contribution in [2.24, 2.45) is 5.92 Å². The molecule has 0 spiro atoms. The second-order valence-corrected chi connectivity index (χ2v) is 8.01. The van der Waals surface area contributed by atoms with Gasteiger partial charge in [-0.2, -0.15) is 0 Å². The number of halogens is 1. The predicted molar refractivity (Wildman–Crippen MR) is 111 cm³/mol. The Morgan fingerprint density at radius 1 is 1.18 bits per heavy atom. The molecule has 1 heterocycles. The maximum atomic E-state index is 12.6. The van der Waals surface area contributed by atoms with Gasteiger partial charge in [-0.15, -0.1) is 12.4 Å². The van der Waals surface area contributed by atoms with Gasteiger partial charge >= 0.3 is 0 Å². The van der Waals surface area contributed by atoms with Crippen molar-refractivity contribution >= 4 is 34.0 Å². The van der Waals surface area contributed by atoms with Crippen molar-refractivity contribution in [1.29, 1.82) is 0 Å². The van der Waals surface area contributed by atoms with E-state index in [4.69, 9.17) is 4.74 Å². The summed E-state index contributed by atoms with van der Waals surface area (Å²) in [5.74, 6) is 0.822. The first-order valence-corrected chi connectivity index (χ1v) is 10.3. The van der Waals surface area contributed by atoms with E-state index >= 15 is 0 Å². The van der Waals surface area contributed by atoms with E-state index in [9.17, 15) is 13.2 Å². The van der Waals surface area contributed by atoms with Crippen LogP contribution in [0.15, 0.2) is 53.4 Å². The fourth-order valence-corrected chi connectivity index (χ4v) is 3.74. The first-order chi connectivity index (χ1) is 13.0. The van der Waals surface area contributed by atoms with Crippen LogP contribution in [-0.2, 0) is 10.0 Å². The molecular weight excluding hydrogens is 402 g/mol. The first-order valence-electron chi connectivity index (χ1n) is 8.82. The molecule has 0 aromatic heterocycles. The number of nitrogens with one attached hydrogen (secondary N) is 3. The van der Waals surface area contributed by atoms with Gasteiger partial charge in [0, 0.05) is 36.8 Å². The molecule has 3 N–H and O–H groups in total. The fourth-order valence-electron chi connectivity index (χ4n) is 2.64. The molecular formula is C19H24ClN3O4S. The Hall–Kier alpha value is -2.29. The van der Waals surface area contributed by atoms with Crippen molar-refractivity contribution in [1.82, 2.24) is 10.6 Å². The number of carbonyl (C=O) groups excluding carboxylic acids is 1. The molecule has 152 valence electrons. The average molecular weight is 426 g/mol. The summed E-state index contributed by atoms with van der Waals surface area (Å²) in [5.41, 5.74) is 0.739. The second kappa shape index (κ2) is 9.77. The first kappa shape index (κ1) is 22.0. The molecule has 0 aliphatic carbocycles. The van der Waals surface area contributed by atoms with Gasteiger partial charge in [0.1, 0.15) is 5.75 Å². The van der Waals surface area contributed by atoms with E-state index < -0.39 is 10.0 Å². The molecule has 0 radical (unpaired) electrons. The largest absolute Gasteiger partial charge is 0.494 e. The minimum Gasteiger partial charge on any atom is -0.494 e. The Balaban J connectivity index is 0.00000280. The molecule has 0 unspecified atom stereocenters. The van der Waals surface area contributed by atoms with Gasteiger partial charge in [-0.05, 0) is 49.4 Å². The molecule has 9 heteroatoms. The van der Waals surface area contributed by atoms with Crippen LogP contribution in [-0.4, -0.2) is 40.6 Å². The van der Waals surface area contributed by atoms with Crippen molar-refractivity contribution in [2.45, 2.75) is 11.8 Å².